The summed E-state index contributed by atoms with van der Waals surface area (Å²) in [5.74, 6) is 0. The minimum absolute atomic E-state index is 0.133. The Bertz CT molecular complexity index is 1580. The first kappa shape index (κ1) is 35.6. The lowest BCUT2D eigenvalue weighted by atomic mass is 9.97. The lowest BCUT2D eigenvalue weighted by Crippen LogP contribution is -1.98. The summed E-state index contributed by atoms with van der Waals surface area (Å²) in [6.45, 7) is -1.09. The largest absolute Gasteiger partial charge is 0.396 e. The van der Waals surface area contributed by atoms with E-state index in [1.165, 1.54) is 0 Å². The van der Waals surface area contributed by atoms with Crippen LogP contribution in [0.4, 0.5) is 0 Å². The topological polar surface area (TPSA) is 219 Å². The fourth-order valence-electron chi connectivity index (χ4n) is 7.06. The molecule has 12 nitrogen and oxygen atoms in total. The van der Waals surface area contributed by atoms with Gasteiger partial charge < -0.3 is 50.8 Å². The molecule has 5 heterocycles. The van der Waals surface area contributed by atoms with E-state index in [2.05, 4.69) is 9.97 Å². The van der Waals surface area contributed by atoms with Gasteiger partial charge in [-0.2, -0.15) is 0 Å². The number of aliphatic hydroxyl groups is 8. The number of aromatic nitrogens is 4. The predicted octanol–water partition coefficient (Wildman–Crippen LogP) is 1.81. The Morgan fingerprint density at radius 2 is 0.542 bits per heavy atom. The number of nitrogens with one attached hydrogen (secondary N) is 2. The van der Waals surface area contributed by atoms with Crippen molar-refractivity contribution in [1.82, 2.24) is 19.9 Å². The van der Waals surface area contributed by atoms with Crippen molar-refractivity contribution in [3.63, 3.8) is 0 Å². The Morgan fingerprint density at radius 3 is 0.729 bits per heavy atom. The number of hydrogen-bond acceptors (Lipinski definition) is 10. The number of H-pyrrole nitrogens is 2. The summed E-state index contributed by atoms with van der Waals surface area (Å²) >= 11 is 0. The van der Waals surface area contributed by atoms with E-state index >= 15 is 0 Å². The Labute approximate surface area is 278 Å². The van der Waals surface area contributed by atoms with Crippen LogP contribution >= 0.6 is 0 Å². The van der Waals surface area contributed by atoms with E-state index in [1.807, 2.05) is 24.3 Å². The van der Waals surface area contributed by atoms with Gasteiger partial charge in [-0.05, 0) is 120 Å². The fourth-order valence-corrected chi connectivity index (χ4v) is 7.06. The Balaban J connectivity index is 2.02. The van der Waals surface area contributed by atoms with Gasteiger partial charge in [-0.15, -0.1) is 0 Å². The minimum atomic E-state index is -0.139. The van der Waals surface area contributed by atoms with Crippen LogP contribution < -0.4 is 0 Å². The van der Waals surface area contributed by atoms with Crippen molar-refractivity contribution in [2.75, 3.05) is 52.9 Å². The second-order valence-electron chi connectivity index (χ2n) is 11.9. The van der Waals surface area contributed by atoms with Crippen molar-refractivity contribution >= 4 is 44.4 Å². The summed E-state index contributed by atoms with van der Waals surface area (Å²) in [7, 11) is 0. The predicted molar refractivity (Wildman–Crippen MR) is 185 cm³/mol. The maximum Gasteiger partial charge on any atom is 0.0694 e. The van der Waals surface area contributed by atoms with Gasteiger partial charge >= 0.3 is 0 Å². The van der Waals surface area contributed by atoms with Crippen molar-refractivity contribution < 1.29 is 40.9 Å². The van der Waals surface area contributed by atoms with Crippen LogP contribution in [0.15, 0.2) is 24.3 Å². The maximum atomic E-state index is 10.1. The molecule has 3 aromatic heterocycles. The summed E-state index contributed by atoms with van der Waals surface area (Å²) in [5, 5.41) is 80.5. The molecule has 8 bridgehead atoms. The summed E-state index contributed by atoms with van der Waals surface area (Å²) in [6, 6.07) is 7.47. The van der Waals surface area contributed by atoms with Crippen LogP contribution in [-0.4, -0.2) is 114 Å². The summed E-state index contributed by atoms with van der Waals surface area (Å²) in [4.78, 5) is 17.0. The van der Waals surface area contributed by atoms with E-state index in [9.17, 15) is 40.9 Å². The summed E-state index contributed by atoms with van der Waals surface area (Å²) in [5.41, 5.74) is 11.4. The van der Waals surface area contributed by atoms with Crippen molar-refractivity contribution in [2.45, 2.75) is 51.4 Å². The normalized spacial score (nSPS) is 13.3. The van der Waals surface area contributed by atoms with Crippen molar-refractivity contribution in [3.05, 3.63) is 69.3 Å². The molecule has 0 amide bonds. The molecular weight excluding hydrogens is 616 g/mol. The minimum Gasteiger partial charge on any atom is -0.396 e. The molecule has 48 heavy (non-hydrogen) atoms. The van der Waals surface area contributed by atoms with Gasteiger partial charge in [0.25, 0.3) is 0 Å². The van der Waals surface area contributed by atoms with Gasteiger partial charge in [-0.1, -0.05) is 0 Å². The maximum absolute atomic E-state index is 10.1. The molecule has 258 valence electrons. The van der Waals surface area contributed by atoms with Crippen molar-refractivity contribution in [1.29, 1.82) is 0 Å². The molecule has 12 heteroatoms. The molecule has 2 aliphatic heterocycles. The number of fused-ring (bicyclic) bond motifs is 8. The zero-order valence-electron chi connectivity index (χ0n) is 27.1. The number of rotatable bonds is 16. The van der Waals surface area contributed by atoms with Gasteiger partial charge in [0, 0.05) is 74.9 Å². The average molecular weight is 663 g/mol. The molecule has 5 rings (SSSR count). The van der Waals surface area contributed by atoms with Gasteiger partial charge in [-0.3, -0.25) is 0 Å². The quantitative estimate of drug-likeness (QED) is 0.107. The molecule has 0 fully saturated rings. The number of aromatic amines is 2. The molecule has 0 saturated carbocycles. The van der Waals surface area contributed by atoms with E-state index in [1.54, 1.807) is 0 Å². The van der Waals surface area contributed by atoms with Gasteiger partial charge in [0.1, 0.15) is 0 Å². The van der Waals surface area contributed by atoms with Crippen LogP contribution in [0.5, 0.6) is 0 Å². The van der Waals surface area contributed by atoms with Crippen LogP contribution in [0.1, 0.15) is 70.7 Å². The highest BCUT2D eigenvalue weighted by Gasteiger charge is 2.24. The monoisotopic (exact) mass is 662 g/mol. The van der Waals surface area contributed by atoms with E-state index in [-0.39, 0.29) is 52.9 Å². The van der Waals surface area contributed by atoms with Crippen LogP contribution in [0.3, 0.4) is 0 Å². The van der Waals surface area contributed by atoms with Crippen LogP contribution in [0.2, 0.25) is 0 Å². The second-order valence-corrected chi connectivity index (χ2v) is 11.9. The second kappa shape index (κ2) is 16.6. The third kappa shape index (κ3) is 7.16. The van der Waals surface area contributed by atoms with E-state index < -0.39 is 0 Å². The fraction of sp³-hybridized carbons (Fsp3) is 0.444. The lowest BCUT2D eigenvalue weighted by Gasteiger charge is -2.06. The molecule has 0 radical (unpaired) electrons. The SMILES string of the molecule is OCCC1=C(CCO)c2cc3[nH]c(cc4nc(cc5[nH]c(cc1n2)c(CCO)c5CCO)C(CCO)=C4CCO)c(CCO)c3CCO. The Hall–Kier alpha value is -3.72. The van der Waals surface area contributed by atoms with E-state index in [0.29, 0.717) is 96.2 Å². The molecule has 0 spiro atoms. The van der Waals surface area contributed by atoms with Crippen LogP contribution in [0, 0.1) is 0 Å². The molecule has 0 saturated heterocycles. The summed E-state index contributed by atoms with van der Waals surface area (Å²) in [6.07, 6.45) is 2.39. The molecule has 0 unspecified atom stereocenters. The van der Waals surface area contributed by atoms with Crippen molar-refractivity contribution in [2.24, 2.45) is 0 Å². The first-order valence-corrected chi connectivity index (χ1v) is 16.6. The van der Waals surface area contributed by atoms with E-state index in [4.69, 9.17) is 9.97 Å². The smallest absolute Gasteiger partial charge is 0.0694 e. The van der Waals surface area contributed by atoms with Gasteiger partial charge in [0.2, 0.25) is 0 Å². The zero-order valence-corrected chi connectivity index (χ0v) is 27.1. The molecule has 0 aliphatic carbocycles. The first-order valence-electron chi connectivity index (χ1n) is 16.6. The molecule has 2 aliphatic rings. The standard InChI is InChI=1S/C36H46N4O8/c41-9-1-21-22(2-10-42)30-18-32-25(5-13-45)26(6-14-46)34(39-32)20-36-28(8-16-48)27(7-15-47)35(40-36)19-33-24(4-12-44)23(3-11-43)31(38-33)17-29(21)37-30/h17-20,37,40-48H,1-16H2. The molecule has 10 N–H and O–H groups in total. The van der Waals surface area contributed by atoms with Crippen molar-refractivity contribution in [3.8, 4) is 0 Å². The highest BCUT2D eigenvalue weighted by atomic mass is 16.3. The Kier molecular flexibility index (Phi) is 12.3. The molecule has 3 aromatic rings. The van der Waals surface area contributed by atoms with Gasteiger partial charge in [0.05, 0.1) is 22.8 Å². The molecule has 0 atom stereocenters. The Morgan fingerprint density at radius 1 is 0.333 bits per heavy atom. The summed E-state index contributed by atoms with van der Waals surface area (Å²) < 4.78 is 0. The third-order valence-corrected chi connectivity index (χ3v) is 9.03. The highest BCUT2D eigenvalue weighted by molar-refractivity contribution is 5.96. The highest BCUT2D eigenvalue weighted by Crippen LogP contribution is 2.38. The number of hydrogen-bond donors (Lipinski definition) is 10. The molecular formula is C36H46N4O8. The average Bonchev–Trinajstić information content (AvgIpc) is 3.75. The van der Waals surface area contributed by atoms with Gasteiger partial charge in [0.15, 0.2) is 0 Å². The first-order chi connectivity index (χ1) is 23.5. The third-order valence-electron chi connectivity index (χ3n) is 9.03. The molecule has 0 aromatic carbocycles. The van der Waals surface area contributed by atoms with Crippen LogP contribution in [-0.2, 0) is 25.7 Å². The van der Waals surface area contributed by atoms with E-state index in [0.717, 1.165) is 44.5 Å². The number of aliphatic hydroxyl groups excluding tert-OH is 8. The van der Waals surface area contributed by atoms with Crippen LogP contribution in [0.25, 0.3) is 44.4 Å². The number of nitrogens with zero attached hydrogens (tertiary/aromatic N) is 2. The van der Waals surface area contributed by atoms with Gasteiger partial charge in [-0.25, -0.2) is 9.97 Å². The lowest BCUT2D eigenvalue weighted by molar-refractivity contribution is 0.294. The zero-order chi connectivity index (χ0) is 34.2.